The number of aromatic hydroxyl groups is 2. The van der Waals surface area contributed by atoms with Crippen molar-refractivity contribution >= 4 is 5.69 Å². The third-order valence-electron chi connectivity index (χ3n) is 3.84. The molecule has 118 valence electrons. The first-order valence-electron chi connectivity index (χ1n) is 8.03. The van der Waals surface area contributed by atoms with Crippen LogP contribution in [0, 0.1) is 0 Å². The maximum Gasteiger partial charge on any atom is 0.138 e. The van der Waals surface area contributed by atoms with E-state index >= 15 is 0 Å². The number of unbranched alkanes of at least 4 members (excludes halogenated alkanes) is 3. The molecule has 0 fully saturated rings. The van der Waals surface area contributed by atoms with E-state index in [1.54, 1.807) is 18.2 Å². The average Bonchev–Trinajstić information content (AvgIpc) is 2.53. The Kier molecular flexibility index (Phi) is 6.13. The Morgan fingerprint density at radius 1 is 0.909 bits per heavy atom. The van der Waals surface area contributed by atoms with Gasteiger partial charge in [0, 0.05) is 12.1 Å². The molecule has 3 N–H and O–H groups in total. The highest BCUT2D eigenvalue weighted by Crippen LogP contribution is 2.25. The van der Waals surface area contributed by atoms with E-state index in [4.69, 9.17) is 0 Å². The summed E-state index contributed by atoms with van der Waals surface area (Å²) in [6.45, 7) is 2.70. The number of benzene rings is 2. The van der Waals surface area contributed by atoms with Crippen molar-refractivity contribution in [3.63, 3.8) is 0 Å². The highest BCUT2D eigenvalue weighted by Gasteiger charge is 2.05. The number of nitrogens with one attached hydrogen (secondary N) is 1. The molecule has 0 atom stereocenters. The van der Waals surface area contributed by atoms with E-state index in [0.29, 0.717) is 18.0 Å². The van der Waals surface area contributed by atoms with Crippen LogP contribution in [-0.2, 0) is 13.0 Å². The van der Waals surface area contributed by atoms with Gasteiger partial charge in [0.25, 0.3) is 0 Å². The van der Waals surface area contributed by atoms with Gasteiger partial charge in [0.1, 0.15) is 11.5 Å². The van der Waals surface area contributed by atoms with E-state index in [1.165, 1.54) is 31.2 Å². The van der Waals surface area contributed by atoms with Gasteiger partial charge in [0.15, 0.2) is 0 Å². The highest BCUT2D eigenvalue weighted by atomic mass is 16.3. The second-order valence-electron chi connectivity index (χ2n) is 5.64. The molecule has 0 saturated carbocycles. The normalized spacial score (nSPS) is 10.6. The van der Waals surface area contributed by atoms with Crippen molar-refractivity contribution in [2.24, 2.45) is 0 Å². The van der Waals surface area contributed by atoms with Gasteiger partial charge in [-0.3, -0.25) is 0 Å². The summed E-state index contributed by atoms with van der Waals surface area (Å²) in [4.78, 5) is 0. The smallest absolute Gasteiger partial charge is 0.138 e. The molecule has 2 aromatic rings. The molecule has 22 heavy (non-hydrogen) atoms. The lowest BCUT2D eigenvalue weighted by Crippen LogP contribution is -2.01. The molecule has 3 nitrogen and oxygen atoms in total. The molecule has 0 aliphatic carbocycles. The van der Waals surface area contributed by atoms with E-state index in [2.05, 4.69) is 12.2 Å². The number of phenolic OH excluding ortho intramolecular Hbond substituents is 2. The largest absolute Gasteiger partial charge is 0.508 e. The number of hydrogen-bond donors (Lipinski definition) is 3. The van der Waals surface area contributed by atoms with Gasteiger partial charge in [0.2, 0.25) is 0 Å². The topological polar surface area (TPSA) is 52.5 Å². The van der Waals surface area contributed by atoms with Gasteiger partial charge in [0.05, 0.1) is 5.69 Å². The quantitative estimate of drug-likeness (QED) is 0.483. The second-order valence-corrected chi connectivity index (χ2v) is 5.64. The number of phenols is 2. The van der Waals surface area contributed by atoms with Crippen LogP contribution in [0.4, 0.5) is 5.69 Å². The predicted molar refractivity (Wildman–Crippen MR) is 91.4 cm³/mol. The van der Waals surface area contributed by atoms with Gasteiger partial charge < -0.3 is 15.5 Å². The summed E-state index contributed by atoms with van der Waals surface area (Å²) in [7, 11) is 0. The van der Waals surface area contributed by atoms with Crippen LogP contribution < -0.4 is 5.32 Å². The Balaban J connectivity index is 1.96. The van der Waals surface area contributed by atoms with Crippen LogP contribution in [-0.4, -0.2) is 10.2 Å². The van der Waals surface area contributed by atoms with Crippen molar-refractivity contribution in [3.8, 4) is 11.5 Å². The lowest BCUT2D eigenvalue weighted by atomic mass is 10.0. The van der Waals surface area contributed by atoms with Gasteiger partial charge in [-0.1, -0.05) is 50.5 Å². The van der Waals surface area contributed by atoms with E-state index in [1.807, 2.05) is 24.3 Å². The van der Waals surface area contributed by atoms with Crippen LogP contribution in [0.2, 0.25) is 0 Å². The average molecular weight is 299 g/mol. The first-order valence-corrected chi connectivity index (χ1v) is 8.03. The number of para-hydroxylation sites is 2. The minimum atomic E-state index is 0.220. The fourth-order valence-electron chi connectivity index (χ4n) is 2.51. The molecular weight excluding hydrogens is 274 g/mol. The lowest BCUT2D eigenvalue weighted by molar-refractivity contribution is 0.467. The summed E-state index contributed by atoms with van der Waals surface area (Å²) < 4.78 is 0. The molecule has 0 saturated heterocycles. The summed E-state index contributed by atoms with van der Waals surface area (Å²) in [5.74, 6) is 0.512. The summed E-state index contributed by atoms with van der Waals surface area (Å²) in [6.07, 6.45) is 6.00. The third kappa shape index (κ3) is 4.69. The number of hydrogen-bond acceptors (Lipinski definition) is 3. The molecule has 0 radical (unpaired) electrons. The van der Waals surface area contributed by atoms with Crippen LogP contribution in [0.3, 0.4) is 0 Å². The Morgan fingerprint density at radius 3 is 2.50 bits per heavy atom. The summed E-state index contributed by atoms with van der Waals surface area (Å²) in [5, 5.41) is 22.9. The number of anilines is 1. The Hall–Kier alpha value is -2.16. The first kappa shape index (κ1) is 16.2. The molecule has 0 heterocycles. The van der Waals surface area contributed by atoms with Crippen LogP contribution in [0.5, 0.6) is 11.5 Å². The summed E-state index contributed by atoms with van der Waals surface area (Å²) in [5.41, 5.74) is 2.79. The van der Waals surface area contributed by atoms with Gasteiger partial charge in [-0.05, 0) is 36.6 Å². The predicted octanol–water partition coefficient (Wildman–Crippen LogP) is 4.83. The third-order valence-corrected chi connectivity index (χ3v) is 3.84. The first-order chi connectivity index (χ1) is 10.7. The maximum absolute atomic E-state index is 9.99. The monoisotopic (exact) mass is 299 g/mol. The molecule has 0 aliphatic heterocycles. The van der Waals surface area contributed by atoms with Crippen molar-refractivity contribution in [1.82, 2.24) is 0 Å². The van der Waals surface area contributed by atoms with Crippen LogP contribution >= 0.6 is 0 Å². The van der Waals surface area contributed by atoms with Crippen LogP contribution in [0.15, 0.2) is 42.5 Å². The summed E-state index contributed by atoms with van der Waals surface area (Å²) in [6, 6.07) is 12.9. The maximum atomic E-state index is 9.99. The van der Waals surface area contributed by atoms with Gasteiger partial charge in [-0.2, -0.15) is 0 Å². The molecule has 0 aliphatic rings. The van der Waals surface area contributed by atoms with E-state index in [0.717, 1.165) is 12.0 Å². The SMILES string of the molecule is CCCCCCc1ccc(O)c(CNc2ccccc2O)c1. The van der Waals surface area contributed by atoms with E-state index in [-0.39, 0.29) is 5.75 Å². The van der Waals surface area contributed by atoms with E-state index in [9.17, 15) is 10.2 Å². The van der Waals surface area contributed by atoms with Crippen molar-refractivity contribution in [3.05, 3.63) is 53.6 Å². The lowest BCUT2D eigenvalue weighted by Gasteiger charge is -2.11. The van der Waals surface area contributed by atoms with Crippen molar-refractivity contribution in [2.75, 3.05) is 5.32 Å². The fourth-order valence-corrected chi connectivity index (χ4v) is 2.51. The minimum absolute atomic E-state index is 0.220. The van der Waals surface area contributed by atoms with Gasteiger partial charge in [-0.25, -0.2) is 0 Å². The molecule has 2 aromatic carbocycles. The zero-order valence-electron chi connectivity index (χ0n) is 13.2. The Labute approximate surface area is 132 Å². The molecule has 3 heteroatoms. The molecular formula is C19H25NO2. The second kappa shape index (κ2) is 8.32. The van der Waals surface area contributed by atoms with E-state index < -0.39 is 0 Å². The minimum Gasteiger partial charge on any atom is -0.508 e. The van der Waals surface area contributed by atoms with Crippen molar-refractivity contribution < 1.29 is 10.2 Å². The molecule has 2 rings (SSSR count). The molecule has 0 bridgehead atoms. The Bertz CT molecular complexity index is 596. The standard InChI is InChI=1S/C19H25NO2/c1-2-3-4-5-8-15-11-12-18(21)16(13-15)14-20-17-9-6-7-10-19(17)22/h6-7,9-13,20-22H,2-5,8,14H2,1H3. The molecule has 0 unspecified atom stereocenters. The van der Waals surface area contributed by atoms with Crippen molar-refractivity contribution in [1.29, 1.82) is 0 Å². The molecule has 0 spiro atoms. The van der Waals surface area contributed by atoms with Gasteiger partial charge in [-0.15, -0.1) is 0 Å². The number of aryl methyl sites for hydroxylation is 1. The van der Waals surface area contributed by atoms with Gasteiger partial charge >= 0.3 is 0 Å². The van der Waals surface area contributed by atoms with Crippen molar-refractivity contribution in [2.45, 2.75) is 45.6 Å². The molecule has 0 aromatic heterocycles. The zero-order valence-corrected chi connectivity index (χ0v) is 13.2. The number of rotatable bonds is 8. The summed E-state index contributed by atoms with van der Waals surface area (Å²) >= 11 is 0. The fraction of sp³-hybridized carbons (Fsp3) is 0.368. The molecule has 0 amide bonds. The zero-order chi connectivity index (χ0) is 15.8. The van der Waals surface area contributed by atoms with Crippen LogP contribution in [0.1, 0.15) is 43.7 Å². The van der Waals surface area contributed by atoms with Crippen LogP contribution in [0.25, 0.3) is 0 Å². The highest BCUT2D eigenvalue weighted by molar-refractivity contribution is 5.55. The Morgan fingerprint density at radius 2 is 1.73 bits per heavy atom.